The van der Waals surface area contributed by atoms with E-state index < -0.39 is 27.7 Å². The van der Waals surface area contributed by atoms with Crippen molar-refractivity contribution < 1.29 is 31.5 Å². The highest BCUT2D eigenvalue weighted by Crippen LogP contribution is 2.45. The number of aryl methyl sites for hydroxylation is 1. The highest BCUT2D eigenvalue weighted by atomic mass is 32.2. The number of fused-ring (bicyclic) bond motifs is 2. The molecule has 0 radical (unpaired) electrons. The molecule has 0 heterocycles. The van der Waals surface area contributed by atoms with E-state index >= 15 is 0 Å². The van der Waals surface area contributed by atoms with E-state index in [2.05, 4.69) is 4.72 Å². The molecule has 0 aromatic heterocycles. The molecule has 3 aliphatic rings. The fourth-order valence-electron chi connectivity index (χ4n) is 4.67. The van der Waals surface area contributed by atoms with Crippen LogP contribution in [0.1, 0.15) is 62.5 Å². The lowest BCUT2D eigenvalue weighted by Crippen LogP contribution is -2.37. The zero-order valence-corrected chi connectivity index (χ0v) is 19.2. The van der Waals surface area contributed by atoms with Crippen LogP contribution >= 0.6 is 0 Å². The van der Waals surface area contributed by atoms with Gasteiger partial charge in [0, 0.05) is 12.1 Å². The van der Waals surface area contributed by atoms with Gasteiger partial charge in [0.05, 0.1) is 11.3 Å². The molecule has 4 rings (SSSR count). The van der Waals surface area contributed by atoms with Gasteiger partial charge in [-0.05, 0) is 86.5 Å². The highest BCUT2D eigenvalue weighted by molar-refractivity contribution is 7.89. The zero-order valence-electron chi connectivity index (χ0n) is 18.4. The number of hydrogen-bond donors (Lipinski definition) is 2. The average molecular weight is 486 g/mol. The molecule has 5 nitrogen and oxygen atoms in total. The smallest absolute Gasteiger partial charge is 0.416 e. The van der Waals surface area contributed by atoms with Crippen molar-refractivity contribution in [2.75, 3.05) is 5.75 Å². The largest absolute Gasteiger partial charge is 0.481 e. The minimum Gasteiger partial charge on any atom is -0.481 e. The summed E-state index contributed by atoms with van der Waals surface area (Å²) in [7, 11) is -3.64. The van der Waals surface area contributed by atoms with E-state index in [0.29, 0.717) is 30.7 Å². The number of nitrogens with one attached hydrogen (secondary N) is 1. The van der Waals surface area contributed by atoms with E-state index in [1.165, 1.54) is 12.1 Å². The lowest BCUT2D eigenvalue weighted by Gasteiger charge is -2.40. The lowest BCUT2D eigenvalue weighted by atomic mass is 9.69. The molecule has 0 saturated heterocycles. The Hall–Kier alpha value is -2.29. The monoisotopic (exact) mass is 485 g/mol. The number of unbranched alkanes of at least 4 members (excludes halogenated alkanes) is 1. The van der Waals surface area contributed by atoms with E-state index in [0.717, 1.165) is 49.1 Å². The van der Waals surface area contributed by atoms with Crippen molar-refractivity contribution >= 4 is 16.0 Å². The fourth-order valence-corrected chi connectivity index (χ4v) is 5.91. The van der Waals surface area contributed by atoms with Crippen molar-refractivity contribution in [2.24, 2.45) is 11.8 Å². The van der Waals surface area contributed by atoms with Gasteiger partial charge in [-0.25, -0.2) is 8.42 Å². The van der Waals surface area contributed by atoms with E-state index in [1.807, 2.05) is 12.2 Å². The van der Waals surface area contributed by atoms with Crippen molar-refractivity contribution in [2.45, 2.75) is 64.0 Å². The van der Waals surface area contributed by atoms with Crippen molar-refractivity contribution in [3.63, 3.8) is 0 Å². The minimum absolute atomic E-state index is 0.127. The topological polar surface area (TPSA) is 83.5 Å². The maximum Gasteiger partial charge on any atom is 0.416 e. The second kappa shape index (κ2) is 10.8. The van der Waals surface area contributed by atoms with Crippen molar-refractivity contribution in [3.05, 3.63) is 58.8 Å². The molecule has 2 N–H and O–H groups in total. The first-order chi connectivity index (χ1) is 15.5. The summed E-state index contributed by atoms with van der Waals surface area (Å²) in [5.41, 5.74) is 1.69. The maximum atomic E-state index is 12.8. The van der Waals surface area contributed by atoms with Gasteiger partial charge in [0.1, 0.15) is 0 Å². The Bertz CT molecular complexity index is 990. The predicted molar refractivity (Wildman–Crippen MR) is 120 cm³/mol. The van der Waals surface area contributed by atoms with Gasteiger partial charge in [-0.2, -0.15) is 13.2 Å². The fraction of sp³-hybridized carbons (Fsp3) is 0.542. The number of rotatable bonds is 11. The van der Waals surface area contributed by atoms with Gasteiger partial charge in [-0.15, -0.1) is 0 Å². The van der Waals surface area contributed by atoms with Gasteiger partial charge in [-0.1, -0.05) is 24.3 Å². The number of benzene rings is 1. The summed E-state index contributed by atoms with van der Waals surface area (Å²) < 4.78 is 66.5. The lowest BCUT2D eigenvalue weighted by molar-refractivity contribution is -0.138. The molecule has 1 saturated carbocycles. The summed E-state index contributed by atoms with van der Waals surface area (Å²) in [5, 5.41) is 8.71. The van der Waals surface area contributed by atoms with Gasteiger partial charge in [-0.3, -0.25) is 9.52 Å². The zero-order chi connectivity index (χ0) is 24.1. The number of carboxylic acid groups (broad SMARTS) is 1. The Morgan fingerprint density at radius 3 is 2.30 bits per heavy atom. The Labute approximate surface area is 192 Å². The van der Waals surface area contributed by atoms with Crippen LogP contribution in [0, 0.1) is 11.8 Å². The van der Waals surface area contributed by atoms with E-state index in [1.54, 1.807) is 0 Å². The number of allylic oxidation sites excluding steroid dienone is 4. The molecule has 1 aromatic rings. The van der Waals surface area contributed by atoms with Gasteiger partial charge in [0.2, 0.25) is 10.0 Å². The minimum atomic E-state index is -4.42. The SMILES string of the molecule is O=C(O)CCCC=CCC1=C(NS(=O)(=O)CCc2ccc(C(F)(F)F)cc2)C2CCC1CC2. The molecule has 1 fully saturated rings. The van der Waals surface area contributed by atoms with E-state index in [9.17, 15) is 26.4 Å². The number of carboxylic acids is 1. The number of hydrogen-bond acceptors (Lipinski definition) is 3. The summed E-state index contributed by atoms with van der Waals surface area (Å²) in [4.78, 5) is 10.6. The molecular formula is C24H30F3NO4S. The van der Waals surface area contributed by atoms with E-state index in [4.69, 9.17) is 5.11 Å². The molecule has 2 bridgehead atoms. The second-order valence-corrected chi connectivity index (χ2v) is 10.7. The van der Waals surface area contributed by atoms with E-state index in [-0.39, 0.29) is 24.5 Å². The van der Waals surface area contributed by atoms with Crippen LogP contribution in [0.2, 0.25) is 0 Å². The van der Waals surface area contributed by atoms with Crippen LogP contribution in [0.25, 0.3) is 0 Å². The Morgan fingerprint density at radius 2 is 1.70 bits per heavy atom. The van der Waals surface area contributed by atoms with Crippen molar-refractivity contribution in [1.82, 2.24) is 4.72 Å². The van der Waals surface area contributed by atoms with Gasteiger partial charge >= 0.3 is 12.1 Å². The molecule has 0 unspecified atom stereocenters. The normalized spacial score (nSPS) is 21.1. The molecule has 1 aromatic carbocycles. The predicted octanol–water partition coefficient (Wildman–Crippen LogP) is 5.44. The Kier molecular flexibility index (Phi) is 8.26. The Balaban J connectivity index is 1.63. The summed E-state index contributed by atoms with van der Waals surface area (Å²) in [5.74, 6) is -0.474. The van der Waals surface area contributed by atoms with Crippen molar-refractivity contribution in [1.29, 1.82) is 0 Å². The molecule has 0 spiro atoms. The van der Waals surface area contributed by atoms with Crippen LogP contribution in [0.4, 0.5) is 13.2 Å². The Morgan fingerprint density at radius 1 is 1.06 bits per heavy atom. The van der Waals surface area contributed by atoms with Crippen LogP contribution < -0.4 is 4.72 Å². The second-order valence-electron chi connectivity index (χ2n) is 8.81. The summed E-state index contributed by atoms with van der Waals surface area (Å²) in [6.45, 7) is 0. The van der Waals surface area contributed by atoms with Crippen LogP contribution in [-0.2, 0) is 27.4 Å². The standard InChI is InChI=1S/C24H30F3NO4S/c25-24(26,27)20-13-7-17(8-14-20)15-16-33(31,32)28-23-19-11-9-18(10-12-19)21(23)5-3-1-2-4-6-22(29)30/h1,3,7-8,13-14,18-19,28H,2,4-6,9-12,15-16H2,(H,29,30). The summed E-state index contributed by atoms with van der Waals surface area (Å²) in [6.07, 6.45) is 5.67. The summed E-state index contributed by atoms with van der Waals surface area (Å²) in [6, 6.07) is 4.58. The first-order valence-corrected chi connectivity index (χ1v) is 13.0. The number of halogens is 3. The molecule has 3 aliphatic carbocycles. The van der Waals surface area contributed by atoms with Crippen LogP contribution in [-0.4, -0.2) is 25.2 Å². The third-order valence-electron chi connectivity index (χ3n) is 6.45. The number of sulfonamides is 1. The quantitative estimate of drug-likeness (QED) is 0.323. The molecule has 0 atom stereocenters. The average Bonchev–Trinajstić information content (AvgIpc) is 2.76. The van der Waals surface area contributed by atoms with Crippen LogP contribution in [0.5, 0.6) is 0 Å². The molecule has 9 heteroatoms. The third-order valence-corrected chi connectivity index (χ3v) is 7.72. The third kappa shape index (κ3) is 7.35. The molecule has 33 heavy (non-hydrogen) atoms. The summed E-state index contributed by atoms with van der Waals surface area (Å²) >= 11 is 0. The van der Waals surface area contributed by atoms with Gasteiger partial charge in [0.15, 0.2) is 0 Å². The van der Waals surface area contributed by atoms with Crippen LogP contribution in [0.15, 0.2) is 47.7 Å². The van der Waals surface area contributed by atoms with Gasteiger partial charge < -0.3 is 5.11 Å². The molecule has 0 aliphatic heterocycles. The van der Waals surface area contributed by atoms with Crippen LogP contribution in [0.3, 0.4) is 0 Å². The first-order valence-electron chi connectivity index (χ1n) is 11.3. The first kappa shape index (κ1) is 25.3. The maximum absolute atomic E-state index is 12.8. The molecule has 182 valence electrons. The van der Waals surface area contributed by atoms with Gasteiger partial charge in [0.25, 0.3) is 0 Å². The number of aliphatic carboxylic acids is 1. The molecule has 0 amide bonds. The number of carbonyl (C=O) groups is 1. The highest BCUT2D eigenvalue weighted by Gasteiger charge is 2.36. The van der Waals surface area contributed by atoms with Crippen molar-refractivity contribution in [3.8, 4) is 0 Å². The molecular weight excluding hydrogens is 455 g/mol. The number of alkyl halides is 3.